The summed E-state index contributed by atoms with van der Waals surface area (Å²) in [7, 11) is 0. The van der Waals surface area contributed by atoms with Crippen molar-refractivity contribution in [1.82, 2.24) is 19.7 Å². The first-order valence-corrected chi connectivity index (χ1v) is 11.3. The number of rotatable bonds is 4. The summed E-state index contributed by atoms with van der Waals surface area (Å²) in [4.78, 5) is 23.4. The van der Waals surface area contributed by atoms with Gasteiger partial charge in [-0.3, -0.25) is 9.20 Å². The summed E-state index contributed by atoms with van der Waals surface area (Å²) in [5.74, 6) is -0.00335. The minimum absolute atomic E-state index is 0.191. The number of imidazole rings is 1. The highest BCUT2D eigenvalue weighted by Gasteiger charge is 2.29. The normalized spacial score (nSPS) is 19.6. The van der Waals surface area contributed by atoms with Crippen LogP contribution >= 0.6 is 0 Å². The number of alkyl halides is 1. The number of pyridine rings is 2. The van der Waals surface area contributed by atoms with E-state index in [-0.39, 0.29) is 24.7 Å². The quantitative estimate of drug-likeness (QED) is 0.418. The number of aliphatic hydroxyl groups excluding tert-OH is 1. The number of carbonyl (C=O) groups excluding carboxylic acids is 1. The van der Waals surface area contributed by atoms with E-state index in [2.05, 4.69) is 20.6 Å². The van der Waals surface area contributed by atoms with E-state index < -0.39 is 12.3 Å². The largest absolute Gasteiger partial charge is 0.388 e. The van der Waals surface area contributed by atoms with Crippen LogP contribution in [-0.4, -0.2) is 50.7 Å². The van der Waals surface area contributed by atoms with Crippen molar-refractivity contribution in [3.63, 3.8) is 0 Å². The number of benzene rings is 1. The van der Waals surface area contributed by atoms with Crippen molar-refractivity contribution in [3.05, 3.63) is 71.9 Å². The summed E-state index contributed by atoms with van der Waals surface area (Å²) in [6, 6.07) is 10.1. The molecule has 4 aromatic rings. The summed E-state index contributed by atoms with van der Waals surface area (Å²) >= 11 is 0. The number of piperidine rings is 1. The highest BCUT2D eigenvalue weighted by Crippen LogP contribution is 2.35. The van der Waals surface area contributed by atoms with Crippen molar-refractivity contribution < 1.29 is 18.7 Å². The number of aromatic nitrogens is 3. The zero-order valence-corrected chi connectivity index (χ0v) is 18.6. The molecule has 0 unspecified atom stereocenters. The fourth-order valence-electron chi connectivity index (χ4n) is 4.77. The molecule has 8 nitrogen and oxygen atoms in total. The molecule has 10 heteroatoms. The van der Waals surface area contributed by atoms with Crippen LogP contribution in [0.25, 0.3) is 16.9 Å². The first-order chi connectivity index (χ1) is 17.0. The molecule has 1 amide bonds. The molecule has 3 aromatic heterocycles. The third kappa shape index (κ3) is 3.75. The Bertz CT molecular complexity index is 1440. The Labute approximate surface area is 199 Å². The van der Waals surface area contributed by atoms with Gasteiger partial charge in [-0.1, -0.05) is 6.07 Å². The summed E-state index contributed by atoms with van der Waals surface area (Å²) in [6.45, 7) is 1.10. The molecular weight excluding hydrogens is 454 g/mol. The van der Waals surface area contributed by atoms with Gasteiger partial charge in [0.2, 0.25) is 0 Å². The number of nitrogens with one attached hydrogen (secondary N) is 2. The number of fused-ring (bicyclic) bond motifs is 2. The van der Waals surface area contributed by atoms with Crippen molar-refractivity contribution in [2.75, 3.05) is 23.3 Å². The Kier molecular flexibility index (Phi) is 5.10. The van der Waals surface area contributed by atoms with Crippen molar-refractivity contribution in [2.24, 2.45) is 0 Å². The van der Waals surface area contributed by atoms with Crippen LogP contribution in [0.15, 0.2) is 55.0 Å². The van der Waals surface area contributed by atoms with Crippen LogP contribution in [0.4, 0.5) is 26.0 Å². The van der Waals surface area contributed by atoms with Gasteiger partial charge in [0.05, 0.1) is 35.0 Å². The molecule has 2 aliphatic heterocycles. The van der Waals surface area contributed by atoms with Gasteiger partial charge in [0.1, 0.15) is 29.6 Å². The second-order valence-electron chi connectivity index (χ2n) is 8.76. The van der Waals surface area contributed by atoms with E-state index in [1.54, 1.807) is 29.1 Å². The fourth-order valence-corrected chi connectivity index (χ4v) is 4.77. The topological polar surface area (TPSA) is 94.8 Å². The molecule has 1 fully saturated rings. The Hall–Kier alpha value is -4.05. The minimum Gasteiger partial charge on any atom is -0.388 e. The van der Waals surface area contributed by atoms with Gasteiger partial charge in [-0.15, -0.1) is 0 Å². The lowest BCUT2D eigenvalue weighted by atomic mass is 9.99. The molecule has 2 atom stereocenters. The third-order valence-corrected chi connectivity index (χ3v) is 6.59. The molecule has 0 spiro atoms. The second-order valence-corrected chi connectivity index (χ2v) is 8.76. The summed E-state index contributed by atoms with van der Waals surface area (Å²) < 4.78 is 29.0. The average molecular weight is 476 g/mol. The standard InChI is InChI=1S/C25H22F2N6O2/c26-14-5-8-33-20(12-29-23(33)9-14)16-2-3-19(24-17(16)11-30-25(24)35)31-22-4-1-15(10-28-22)32-7-6-18(27)21(34)13-32/h1-5,8-10,12,18,21,34H,6-7,11,13H2,(H,28,31)(H,30,35)/t18-,21-/m1/s1. The molecule has 1 saturated heterocycles. The molecule has 0 saturated carbocycles. The van der Waals surface area contributed by atoms with Gasteiger partial charge in [0.15, 0.2) is 0 Å². The number of β-amino-alcohol motifs (C(OH)–C–C–N with tert-alkyl or cyclic N) is 1. The first-order valence-electron chi connectivity index (χ1n) is 11.3. The SMILES string of the molecule is O=C1NCc2c(-c3cnc4cc(F)ccn34)ccc(Nc3ccc(N4CC[C@@H](F)[C@H](O)C4)cn3)c21. The van der Waals surface area contributed by atoms with Crippen molar-refractivity contribution in [3.8, 4) is 11.3 Å². The number of nitrogens with zero attached hydrogens (tertiary/aromatic N) is 4. The summed E-state index contributed by atoms with van der Waals surface area (Å²) in [5.41, 5.74) is 4.85. The Morgan fingerprint density at radius 2 is 2.03 bits per heavy atom. The molecule has 0 aliphatic carbocycles. The molecule has 3 N–H and O–H groups in total. The van der Waals surface area contributed by atoms with E-state index in [0.29, 0.717) is 35.8 Å². The van der Waals surface area contributed by atoms with Crippen molar-refractivity contribution >= 4 is 28.7 Å². The van der Waals surface area contributed by atoms with Crippen LogP contribution in [0.2, 0.25) is 0 Å². The van der Waals surface area contributed by atoms with Gasteiger partial charge in [0, 0.05) is 37.5 Å². The molecule has 178 valence electrons. The maximum absolute atomic E-state index is 13.6. The van der Waals surface area contributed by atoms with Crippen molar-refractivity contribution in [1.29, 1.82) is 0 Å². The minimum atomic E-state index is -1.20. The average Bonchev–Trinajstić information content (AvgIpc) is 3.45. The molecule has 2 aliphatic rings. The van der Waals surface area contributed by atoms with E-state index in [9.17, 15) is 18.7 Å². The molecule has 1 aromatic carbocycles. The predicted molar refractivity (Wildman–Crippen MR) is 127 cm³/mol. The van der Waals surface area contributed by atoms with Gasteiger partial charge in [-0.25, -0.2) is 18.7 Å². The number of hydrogen-bond donors (Lipinski definition) is 3. The summed E-state index contributed by atoms with van der Waals surface area (Å²) in [5, 5.41) is 15.9. The number of carbonyl (C=O) groups is 1. The maximum atomic E-state index is 13.6. The first kappa shape index (κ1) is 21.5. The maximum Gasteiger partial charge on any atom is 0.254 e. The molecular formula is C25H22F2N6O2. The Balaban J connectivity index is 1.30. The van der Waals surface area contributed by atoms with Crippen LogP contribution in [0.1, 0.15) is 22.3 Å². The van der Waals surface area contributed by atoms with E-state index in [0.717, 1.165) is 22.5 Å². The van der Waals surface area contributed by atoms with E-state index in [4.69, 9.17) is 0 Å². The fraction of sp³-hybridized carbons (Fsp3) is 0.240. The highest BCUT2D eigenvalue weighted by atomic mass is 19.1. The third-order valence-electron chi connectivity index (χ3n) is 6.59. The molecule has 5 heterocycles. The number of hydrogen-bond acceptors (Lipinski definition) is 6. The number of halogens is 2. The number of aliphatic hydroxyl groups is 1. The van der Waals surface area contributed by atoms with Crippen molar-refractivity contribution in [2.45, 2.75) is 25.2 Å². The predicted octanol–water partition coefficient (Wildman–Crippen LogP) is 3.43. The monoisotopic (exact) mass is 476 g/mol. The Morgan fingerprint density at radius 1 is 1.14 bits per heavy atom. The number of amides is 1. The van der Waals surface area contributed by atoms with Crippen LogP contribution in [0, 0.1) is 5.82 Å². The lowest BCUT2D eigenvalue weighted by Crippen LogP contribution is -2.45. The lowest BCUT2D eigenvalue weighted by molar-refractivity contribution is 0.0645. The Morgan fingerprint density at radius 3 is 2.83 bits per heavy atom. The van der Waals surface area contributed by atoms with Gasteiger partial charge < -0.3 is 20.6 Å². The molecule has 0 radical (unpaired) electrons. The molecule has 6 rings (SSSR count). The zero-order valence-electron chi connectivity index (χ0n) is 18.6. The molecule has 35 heavy (non-hydrogen) atoms. The van der Waals surface area contributed by atoms with Crippen LogP contribution in [0.3, 0.4) is 0 Å². The van der Waals surface area contributed by atoms with E-state index in [1.807, 2.05) is 23.1 Å². The zero-order chi connectivity index (χ0) is 24.1. The van der Waals surface area contributed by atoms with Gasteiger partial charge in [-0.05, 0) is 36.2 Å². The highest BCUT2D eigenvalue weighted by molar-refractivity contribution is 6.06. The van der Waals surface area contributed by atoms with Gasteiger partial charge >= 0.3 is 0 Å². The molecule has 0 bridgehead atoms. The van der Waals surface area contributed by atoms with Gasteiger partial charge in [-0.2, -0.15) is 0 Å². The van der Waals surface area contributed by atoms with E-state index in [1.165, 1.54) is 12.1 Å². The summed E-state index contributed by atoms with van der Waals surface area (Å²) in [6.07, 6.45) is 3.03. The number of anilines is 3. The van der Waals surface area contributed by atoms with Crippen LogP contribution < -0.4 is 15.5 Å². The van der Waals surface area contributed by atoms with E-state index >= 15 is 0 Å². The van der Waals surface area contributed by atoms with Crippen LogP contribution in [0.5, 0.6) is 0 Å². The van der Waals surface area contributed by atoms with Gasteiger partial charge in [0.25, 0.3) is 5.91 Å². The second kappa shape index (κ2) is 8.31. The smallest absolute Gasteiger partial charge is 0.254 e. The van der Waals surface area contributed by atoms with Crippen LogP contribution in [-0.2, 0) is 6.54 Å². The lowest BCUT2D eigenvalue weighted by Gasteiger charge is -2.33.